The molecule has 0 bridgehead atoms. The van der Waals surface area contributed by atoms with Gasteiger partial charge in [-0.1, -0.05) is 76.7 Å². The maximum Gasteiger partial charge on any atom is 0.265 e. The average Bonchev–Trinajstić information content (AvgIpc) is 2.73. The molecule has 150 valence electrons. The second-order valence-corrected chi connectivity index (χ2v) is 7.98. The minimum atomic E-state index is -0.402. The zero-order valence-corrected chi connectivity index (χ0v) is 18.1. The maximum atomic E-state index is 13.1. The van der Waals surface area contributed by atoms with Crippen molar-refractivity contribution in [2.24, 2.45) is 4.99 Å². The number of aliphatic imine (C=N–C) groups is 1. The SMILES string of the molecule is O=c1c2ccccc2c(C=Nc2cc(Cl)c(Cl)cc2Cl)c(O)n1-c1ccccc1Cl. The van der Waals surface area contributed by atoms with Gasteiger partial charge in [0, 0.05) is 17.0 Å². The zero-order valence-electron chi connectivity index (χ0n) is 15.1. The van der Waals surface area contributed by atoms with Crippen molar-refractivity contribution in [3.8, 4) is 11.6 Å². The van der Waals surface area contributed by atoms with Crippen LogP contribution in [0.25, 0.3) is 16.5 Å². The molecule has 4 aromatic rings. The van der Waals surface area contributed by atoms with Gasteiger partial charge in [0.1, 0.15) is 0 Å². The van der Waals surface area contributed by atoms with Crippen LogP contribution in [0.3, 0.4) is 0 Å². The van der Waals surface area contributed by atoms with E-state index in [2.05, 4.69) is 4.99 Å². The van der Waals surface area contributed by atoms with Gasteiger partial charge in [-0.2, -0.15) is 0 Å². The van der Waals surface area contributed by atoms with Crippen LogP contribution >= 0.6 is 46.4 Å². The number of para-hydroxylation sites is 1. The van der Waals surface area contributed by atoms with Crippen LogP contribution in [0.1, 0.15) is 5.56 Å². The van der Waals surface area contributed by atoms with E-state index < -0.39 is 5.56 Å². The molecule has 0 saturated heterocycles. The van der Waals surface area contributed by atoms with E-state index in [1.165, 1.54) is 18.3 Å². The molecule has 1 aromatic heterocycles. The largest absolute Gasteiger partial charge is 0.494 e. The first-order valence-electron chi connectivity index (χ1n) is 8.68. The highest BCUT2D eigenvalue weighted by molar-refractivity contribution is 6.44. The number of halogens is 4. The Morgan fingerprint density at radius 3 is 2.17 bits per heavy atom. The Labute approximate surface area is 191 Å². The number of aromatic nitrogens is 1. The van der Waals surface area contributed by atoms with Crippen LogP contribution in [0.5, 0.6) is 5.88 Å². The quantitative estimate of drug-likeness (QED) is 0.253. The molecule has 0 aliphatic rings. The normalized spacial score (nSPS) is 11.5. The molecule has 0 fully saturated rings. The molecule has 30 heavy (non-hydrogen) atoms. The Hall–Kier alpha value is -2.50. The predicted molar refractivity (Wildman–Crippen MR) is 125 cm³/mol. The van der Waals surface area contributed by atoms with Gasteiger partial charge in [-0.25, -0.2) is 4.57 Å². The molecule has 0 spiro atoms. The van der Waals surface area contributed by atoms with Crippen molar-refractivity contribution in [3.05, 3.63) is 96.7 Å². The molecule has 0 amide bonds. The highest BCUT2D eigenvalue weighted by Crippen LogP contribution is 2.35. The standard InChI is InChI=1S/C22H12Cl4N2O2/c23-15-7-3-4-8-20(15)28-21(29)13-6-2-1-5-12(13)14(22(28)30)11-27-19-10-17(25)16(24)9-18(19)26/h1-11,30H. The summed E-state index contributed by atoms with van der Waals surface area (Å²) in [7, 11) is 0. The number of pyridine rings is 1. The lowest BCUT2D eigenvalue weighted by Gasteiger charge is -2.14. The molecule has 0 unspecified atom stereocenters. The Morgan fingerprint density at radius 1 is 0.800 bits per heavy atom. The van der Waals surface area contributed by atoms with Crippen LogP contribution in [0.15, 0.2) is 70.5 Å². The number of benzene rings is 3. The third-order valence-corrected chi connectivity index (χ3v) is 5.86. The van der Waals surface area contributed by atoms with E-state index in [1.54, 1.807) is 48.5 Å². The summed E-state index contributed by atoms with van der Waals surface area (Å²) in [5, 5.41) is 13.2. The lowest BCUT2D eigenvalue weighted by molar-refractivity contribution is 0.436. The topological polar surface area (TPSA) is 54.6 Å². The maximum absolute atomic E-state index is 13.1. The average molecular weight is 478 g/mol. The molecule has 0 aliphatic carbocycles. The lowest BCUT2D eigenvalue weighted by Crippen LogP contribution is -2.20. The number of hydrogen-bond acceptors (Lipinski definition) is 3. The minimum absolute atomic E-state index is 0.295. The van der Waals surface area contributed by atoms with Gasteiger partial charge in [0.15, 0.2) is 0 Å². The molecule has 1 N–H and O–H groups in total. The summed E-state index contributed by atoms with van der Waals surface area (Å²) in [5.41, 5.74) is 0.646. The Morgan fingerprint density at radius 2 is 1.43 bits per heavy atom. The monoisotopic (exact) mass is 476 g/mol. The van der Waals surface area contributed by atoms with Crippen LogP contribution in [0, 0.1) is 0 Å². The summed E-state index contributed by atoms with van der Waals surface area (Å²) in [6.07, 6.45) is 1.43. The van der Waals surface area contributed by atoms with Gasteiger partial charge in [-0.05, 0) is 30.3 Å². The highest BCUT2D eigenvalue weighted by atomic mass is 35.5. The fourth-order valence-corrected chi connectivity index (χ4v) is 3.90. The molecule has 0 saturated carbocycles. The van der Waals surface area contributed by atoms with Crippen molar-refractivity contribution in [1.82, 2.24) is 4.57 Å². The van der Waals surface area contributed by atoms with E-state index in [0.717, 1.165) is 4.57 Å². The van der Waals surface area contributed by atoms with E-state index in [9.17, 15) is 9.90 Å². The second kappa shape index (κ2) is 8.32. The van der Waals surface area contributed by atoms with Crippen LogP contribution < -0.4 is 5.56 Å². The fraction of sp³-hybridized carbons (Fsp3) is 0. The first-order chi connectivity index (χ1) is 14.4. The van der Waals surface area contributed by atoms with Gasteiger partial charge >= 0.3 is 0 Å². The predicted octanol–water partition coefficient (Wildman–Crippen LogP) is 7.06. The summed E-state index contributed by atoms with van der Waals surface area (Å²) < 4.78 is 1.16. The summed E-state index contributed by atoms with van der Waals surface area (Å²) >= 11 is 24.5. The first kappa shape index (κ1) is 20.8. The third-order valence-electron chi connectivity index (χ3n) is 4.52. The van der Waals surface area contributed by atoms with Crippen LogP contribution in [0.4, 0.5) is 5.69 Å². The molecule has 0 aliphatic heterocycles. The summed E-state index contributed by atoms with van der Waals surface area (Å²) in [5.74, 6) is -0.299. The summed E-state index contributed by atoms with van der Waals surface area (Å²) in [4.78, 5) is 17.5. The molecular weight excluding hydrogens is 466 g/mol. The van der Waals surface area contributed by atoms with E-state index in [4.69, 9.17) is 46.4 Å². The van der Waals surface area contributed by atoms with Crippen molar-refractivity contribution in [1.29, 1.82) is 0 Å². The van der Waals surface area contributed by atoms with Gasteiger partial charge in [0.2, 0.25) is 5.88 Å². The minimum Gasteiger partial charge on any atom is -0.494 e. The number of nitrogens with zero attached hydrogens (tertiary/aromatic N) is 2. The molecule has 4 rings (SSSR count). The summed E-state index contributed by atoms with van der Waals surface area (Å²) in [6, 6.07) is 16.7. The van der Waals surface area contributed by atoms with Gasteiger partial charge in [-0.15, -0.1) is 0 Å². The lowest BCUT2D eigenvalue weighted by atomic mass is 10.1. The first-order valence-corrected chi connectivity index (χ1v) is 10.2. The van der Waals surface area contributed by atoms with Gasteiger partial charge in [0.25, 0.3) is 5.56 Å². The Kier molecular flexibility index (Phi) is 5.76. The van der Waals surface area contributed by atoms with Gasteiger partial charge in [-0.3, -0.25) is 9.79 Å². The van der Waals surface area contributed by atoms with Crippen LogP contribution in [-0.4, -0.2) is 15.9 Å². The van der Waals surface area contributed by atoms with Crippen molar-refractivity contribution < 1.29 is 5.11 Å². The van der Waals surface area contributed by atoms with E-state index in [0.29, 0.717) is 47.8 Å². The Balaban J connectivity index is 2.00. The van der Waals surface area contributed by atoms with Crippen molar-refractivity contribution >= 4 is 69.1 Å². The van der Waals surface area contributed by atoms with Crippen LogP contribution in [-0.2, 0) is 0 Å². The molecule has 4 nitrogen and oxygen atoms in total. The molecule has 1 heterocycles. The molecule has 0 radical (unpaired) electrons. The smallest absolute Gasteiger partial charge is 0.265 e. The van der Waals surface area contributed by atoms with E-state index >= 15 is 0 Å². The third kappa shape index (κ3) is 3.68. The van der Waals surface area contributed by atoms with Crippen LogP contribution in [0.2, 0.25) is 20.1 Å². The molecule has 8 heteroatoms. The zero-order chi connectivity index (χ0) is 21.4. The van der Waals surface area contributed by atoms with Crippen molar-refractivity contribution in [2.45, 2.75) is 0 Å². The Bertz CT molecular complexity index is 1380. The van der Waals surface area contributed by atoms with Gasteiger partial charge < -0.3 is 5.11 Å². The number of fused-ring (bicyclic) bond motifs is 1. The van der Waals surface area contributed by atoms with Gasteiger partial charge in [0.05, 0.1) is 37.0 Å². The van der Waals surface area contributed by atoms with Crippen molar-refractivity contribution in [2.75, 3.05) is 0 Å². The highest BCUT2D eigenvalue weighted by Gasteiger charge is 2.18. The molecule has 3 aromatic carbocycles. The fourth-order valence-electron chi connectivity index (χ4n) is 3.09. The number of hydrogen-bond donors (Lipinski definition) is 1. The molecule has 0 atom stereocenters. The molecular formula is C22H12Cl4N2O2. The van der Waals surface area contributed by atoms with Crippen molar-refractivity contribution in [3.63, 3.8) is 0 Å². The summed E-state index contributed by atoms with van der Waals surface area (Å²) in [6.45, 7) is 0. The number of rotatable bonds is 3. The second-order valence-electron chi connectivity index (χ2n) is 6.35. The number of aromatic hydroxyl groups is 1. The van der Waals surface area contributed by atoms with E-state index in [1.807, 2.05) is 0 Å². The van der Waals surface area contributed by atoms with E-state index in [-0.39, 0.29) is 5.88 Å².